The van der Waals surface area contributed by atoms with Gasteiger partial charge in [-0.3, -0.25) is 5.10 Å². The van der Waals surface area contributed by atoms with Crippen molar-refractivity contribution in [2.24, 2.45) is 0 Å². The molecule has 4 N–H and O–H groups in total. The number of H-pyrrole nitrogens is 1. The number of rotatable bonds is 6. The second kappa shape index (κ2) is 5.83. The molecule has 2 aromatic rings. The smallest absolute Gasteiger partial charge is 0.224 e. The van der Waals surface area contributed by atoms with Gasteiger partial charge >= 0.3 is 0 Å². The Kier molecular flexibility index (Phi) is 4.16. The van der Waals surface area contributed by atoms with Gasteiger partial charge in [-0.15, -0.1) is 0 Å². The fraction of sp³-hybridized carbons (Fsp3) is 0.583. The van der Waals surface area contributed by atoms with Crippen LogP contribution in [0.5, 0.6) is 0 Å². The van der Waals surface area contributed by atoms with Crippen LogP contribution in [0, 0.1) is 0 Å². The van der Waals surface area contributed by atoms with Gasteiger partial charge in [0.1, 0.15) is 5.82 Å². The average Bonchev–Trinajstić information content (AvgIpc) is 2.81. The zero-order chi connectivity index (χ0) is 13.8. The third kappa shape index (κ3) is 3.31. The molecule has 0 radical (unpaired) electrons. The van der Waals surface area contributed by atoms with E-state index in [9.17, 15) is 0 Å². The van der Waals surface area contributed by atoms with Crippen LogP contribution in [0.2, 0.25) is 0 Å². The highest BCUT2D eigenvalue weighted by Crippen LogP contribution is 2.18. The Morgan fingerprint density at radius 3 is 2.95 bits per heavy atom. The van der Waals surface area contributed by atoms with Gasteiger partial charge in [-0.05, 0) is 33.9 Å². The molecule has 0 saturated heterocycles. The number of hydrogen-bond acceptors (Lipinski definition) is 6. The van der Waals surface area contributed by atoms with E-state index in [-0.39, 0.29) is 5.95 Å². The van der Waals surface area contributed by atoms with E-state index in [1.807, 2.05) is 0 Å². The van der Waals surface area contributed by atoms with Gasteiger partial charge in [0.2, 0.25) is 5.95 Å². The molecule has 2 heterocycles. The Hall–Kier alpha value is -1.89. The summed E-state index contributed by atoms with van der Waals surface area (Å²) in [6, 6.07) is 0.565. The minimum Gasteiger partial charge on any atom is -0.369 e. The molecule has 0 spiro atoms. The second-order valence-electron chi connectivity index (χ2n) is 4.92. The Labute approximate surface area is 112 Å². The number of anilines is 2. The molecule has 0 amide bonds. The van der Waals surface area contributed by atoms with E-state index < -0.39 is 0 Å². The summed E-state index contributed by atoms with van der Waals surface area (Å²) in [5.74, 6) is 0.988. The number of aromatic amines is 1. The number of nitrogen functional groups attached to an aromatic ring is 1. The first-order valence-electron chi connectivity index (χ1n) is 6.48. The lowest BCUT2D eigenvalue weighted by atomic mass is 10.3. The van der Waals surface area contributed by atoms with Crippen LogP contribution in [-0.4, -0.2) is 51.2 Å². The monoisotopic (exact) mass is 263 g/mol. The van der Waals surface area contributed by atoms with E-state index in [4.69, 9.17) is 5.73 Å². The van der Waals surface area contributed by atoms with Crippen LogP contribution in [-0.2, 0) is 0 Å². The Bertz CT molecular complexity index is 534. The normalized spacial score (nSPS) is 11.6. The lowest BCUT2D eigenvalue weighted by Gasteiger charge is -2.20. The van der Waals surface area contributed by atoms with Crippen LogP contribution in [0.1, 0.15) is 20.3 Å². The van der Waals surface area contributed by atoms with Gasteiger partial charge in [-0.2, -0.15) is 15.1 Å². The SMILES string of the molecule is CC(C)N(C)CCCNc1nc(N)nc2[nH]ncc12. The molecule has 7 nitrogen and oxygen atoms in total. The van der Waals surface area contributed by atoms with Crippen molar-refractivity contribution in [3.8, 4) is 0 Å². The van der Waals surface area contributed by atoms with Gasteiger partial charge in [0.15, 0.2) is 5.65 Å². The number of nitrogens with two attached hydrogens (primary N) is 1. The highest BCUT2D eigenvalue weighted by molar-refractivity contribution is 5.86. The molecule has 104 valence electrons. The summed E-state index contributed by atoms with van der Waals surface area (Å²) in [5, 5.41) is 10.9. The third-order valence-corrected chi connectivity index (χ3v) is 3.19. The molecule has 2 rings (SSSR count). The zero-order valence-electron chi connectivity index (χ0n) is 11.6. The summed E-state index contributed by atoms with van der Waals surface area (Å²) in [6.45, 7) is 6.26. The van der Waals surface area contributed by atoms with Crippen molar-refractivity contribution in [1.82, 2.24) is 25.1 Å². The Morgan fingerprint density at radius 2 is 2.21 bits per heavy atom. The number of fused-ring (bicyclic) bond motifs is 1. The molecule has 19 heavy (non-hydrogen) atoms. The maximum atomic E-state index is 5.66. The van der Waals surface area contributed by atoms with Crippen molar-refractivity contribution >= 4 is 22.8 Å². The van der Waals surface area contributed by atoms with Crippen LogP contribution in [0.15, 0.2) is 6.20 Å². The lowest BCUT2D eigenvalue weighted by Crippen LogP contribution is -2.28. The number of nitrogens with one attached hydrogen (secondary N) is 2. The molecule has 0 aliphatic carbocycles. The predicted molar refractivity (Wildman–Crippen MR) is 77.0 cm³/mol. The molecule has 0 unspecified atom stereocenters. The van der Waals surface area contributed by atoms with Gasteiger partial charge in [0, 0.05) is 12.6 Å². The topological polar surface area (TPSA) is 95.7 Å². The molecular formula is C12H21N7. The van der Waals surface area contributed by atoms with Crippen molar-refractivity contribution in [3.05, 3.63) is 6.20 Å². The van der Waals surface area contributed by atoms with E-state index in [0.717, 1.165) is 30.7 Å². The average molecular weight is 263 g/mol. The molecule has 0 aliphatic rings. The summed E-state index contributed by atoms with van der Waals surface area (Å²) in [4.78, 5) is 10.6. The molecule has 2 aromatic heterocycles. The molecule has 0 aliphatic heterocycles. The van der Waals surface area contributed by atoms with Gasteiger partial charge in [-0.25, -0.2) is 0 Å². The minimum absolute atomic E-state index is 0.249. The van der Waals surface area contributed by atoms with Crippen molar-refractivity contribution in [2.75, 3.05) is 31.2 Å². The quantitative estimate of drug-likeness (QED) is 0.675. The van der Waals surface area contributed by atoms with E-state index in [1.165, 1.54) is 0 Å². The van der Waals surface area contributed by atoms with Crippen molar-refractivity contribution < 1.29 is 0 Å². The summed E-state index contributed by atoms with van der Waals surface area (Å²) in [5.41, 5.74) is 6.32. The van der Waals surface area contributed by atoms with E-state index in [0.29, 0.717) is 11.7 Å². The van der Waals surface area contributed by atoms with E-state index >= 15 is 0 Å². The molecule has 0 saturated carbocycles. The first-order valence-corrected chi connectivity index (χ1v) is 6.48. The maximum Gasteiger partial charge on any atom is 0.224 e. The predicted octanol–water partition coefficient (Wildman–Crippen LogP) is 1.08. The number of aromatic nitrogens is 4. The molecule has 7 heteroatoms. The fourth-order valence-corrected chi connectivity index (χ4v) is 1.78. The van der Waals surface area contributed by atoms with Crippen molar-refractivity contribution in [3.63, 3.8) is 0 Å². The maximum absolute atomic E-state index is 5.66. The Morgan fingerprint density at radius 1 is 1.42 bits per heavy atom. The molecular weight excluding hydrogens is 242 g/mol. The summed E-state index contributed by atoms with van der Waals surface area (Å²) >= 11 is 0. The molecule has 0 bridgehead atoms. The zero-order valence-corrected chi connectivity index (χ0v) is 11.6. The van der Waals surface area contributed by atoms with Crippen LogP contribution >= 0.6 is 0 Å². The number of nitrogens with zero attached hydrogens (tertiary/aromatic N) is 4. The molecule has 0 fully saturated rings. The molecule has 0 aromatic carbocycles. The van der Waals surface area contributed by atoms with Crippen LogP contribution < -0.4 is 11.1 Å². The van der Waals surface area contributed by atoms with Crippen molar-refractivity contribution in [2.45, 2.75) is 26.3 Å². The van der Waals surface area contributed by atoms with Gasteiger partial charge in [0.25, 0.3) is 0 Å². The second-order valence-corrected chi connectivity index (χ2v) is 4.92. The number of hydrogen-bond donors (Lipinski definition) is 3. The summed E-state index contributed by atoms with van der Waals surface area (Å²) < 4.78 is 0. The van der Waals surface area contributed by atoms with Gasteiger partial charge < -0.3 is 16.0 Å². The van der Waals surface area contributed by atoms with Gasteiger partial charge in [0.05, 0.1) is 11.6 Å². The first-order chi connectivity index (χ1) is 9.08. The minimum atomic E-state index is 0.249. The standard InChI is InChI=1S/C12H21N7/c1-8(2)19(3)6-4-5-14-10-9-7-15-18-11(9)17-12(13)16-10/h7-8H,4-6H2,1-3H3,(H4,13,14,15,16,17,18). The first kappa shape index (κ1) is 13.5. The van der Waals surface area contributed by atoms with E-state index in [2.05, 4.69) is 51.3 Å². The third-order valence-electron chi connectivity index (χ3n) is 3.19. The van der Waals surface area contributed by atoms with Crippen molar-refractivity contribution in [1.29, 1.82) is 0 Å². The lowest BCUT2D eigenvalue weighted by molar-refractivity contribution is 0.273. The van der Waals surface area contributed by atoms with E-state index in [1.54, 1.807) is 6.20 Å². The van der Waals surface area contributed by atoms with Crippen LogP contribution in [0.4, 0.5) is 11.8 Å². The molecule has 0 atom stereocenters. The highest BCUT2D eigenvalue weighted by atomic mass is 15.2. The summed E-state index contributed by atoms with van der Waals surface area (Å²) in [7, 11) is 2.13. The largest absolute Gasteiger partial charge is 0.369 e. The summed E-state index contributed by atoms with van der Waals surface area (Å²) in [6.07, 6.45) is 2.75. The highest BCUT2D eigenvalue weighted by Gasteiger charge is 2.07. The van der Waals surface area contributed by atoms with Crippen LogP contribution in [0.25, 0.3) is 11.0 Å². The van der Waals surface area contributed by atoms with Crippen LogP contribution in [0.3, 0.4) is 0 Å². The Balaban J connectivity index is 1.93. The fourth-order valence-electron chi connectivity index (χ4n) is 1.78. The van der Waals surface area contributed by atoms with Gasteiger partial charge in [-0.1, -0.05) is 0 Å².